The normalized spacial score (nSPS) is 31.1. The van der Waals surface area contributed by atoms with Gasteiger partial charge in [-0.3, -0.25) is 4.90 Å². The number of rotatable bonds is 3. The highest BCUT2D eigenvalue weighted by Crippen LogP contribution is 2.42. The first-order chi connectivity index (χ1) is 10.2. The molecule has 0 unspecified atom stereocenters. The summed E-state index contributed by atoms with van der Waals surface area (Å²) in [7, 11) is 0. The van der Waals surface area contributed by atoms with Crippen LogP contribution in [0.1, 0.15) is 35.7 Å². The molecule has 1 aromatic rings. The van der Waals surface area contributed by atoms with E-state index in [4.69, 9.17) is 9.47 Å². The maximum absolute atomic E-state index is 11.5. The fourth-order valence-electron chi connectivity index (χ4n) is 3.85. The summed E-state index contributed by atoms with van der Waals surface area (Å²) >= 11 is 0. The summed E-state index contributed by atoms with van der Waals surface area (Å²) in [4.78, 5) is 14.0. The van der Waals surface area contributed by atoms with Crippen molar-refractivity contribution in [3.05, 3.63) is 29.3 Å². The lowest BCUT2D eigenvalue weighted by molar-refractivity contribution is -0.0484. The van der Waals surface area contributed by atoms with Gasteiger partial charge in [-0.25, -0.2) is 4.79 Å². The van der Waals surface area contributed by atoms with Gasteiger partial charge >= 0.3 is 5.97 Å². The van der Waals surface area contributed by atoms with Crippen molar-refractivity contribution < 1.29 is 14.3 Å². The van der Waals surface area contributed by atoms with Crippen molar-refractivity contribution in [2.24, 2.45) is 11.8 Å². The Morgan fingerprint density at radius 3 is 3.00 bits per heavy atom. The van der Waals surface area contributed by atoms with Crippen LogP contribution in [0.15, 0.2) is 18.2 Å². The van der Waals surface area contributed by atoms with Gasteiger partial charge in [0.05, 0.1) is 5.56 Å². The Labute approximate surface area is 125 Å². The molecule has 1 aromatic carbocycles. The maximum Gasteiger partial charge on any atom is 0.338 e. The molecule has 0 radical (unpaired) electrons. The molecule has 0 N–H and O–H groups in total. The number of likely N-dealkylation sites (tertiary alicyclic amines) is 1. The number of carbonyl (C=O) groups is 1. The molecule has 3 aliphatic rings. The topological polar surface area (TPSA) is 38.8 Å². The van der Waals surface area contributed by atoms with Gasteiger partial charge in [-0.05, 0) is 43.5 Å². The first kappa shape index (κ1) is 13.1. The van der Waals surface area contributed by atoms with Crippen LogP contribution in [0.25, 0.3) is 0 Å². The zero-order valence-electron chi connectivity index (χ0n) is 12.4. The van der Waals surface area contributed by atoms with Crippen LogP contribution in [0.4, 0.5) is 0 Å². The molecule has 0 amide bonds. The van der Waals surface area contributed by atoms with Crippen LogP contribution in [0, 0.1) is 11.8 Å². The first-order valence-corrected chi connectivity index (χ1v) is 7.93. The molecule has 4 rings (SSSR count). The van der Waals surface area contributed by atoms with Crippen molar-refractivity contribution in [2.45, 2.75) is 32.5 Å². The molecule has 21 heavy (non-hydrogen) atoms. The third-order valence-corrected chi connectivity index (χ3v) is 5.27. The highest BCUT2D eigenvalue weighted by atomic mass is 16.5. The Bertz CT molecular complexity index is 569. The number of hydrogen-bond donors (Lipinski definition) is 0. The van der Waals surface area contributed by atoms with E-state index in [0.29, 0.717) is 18.1 Å². The lowest BCUT2D eigenvalue weighted by atomic mass is 9.68. The summed E-state index contributed by atoms with van der Waals surface area (Å²) < 4.78 is 11.3. The summed E-state index contributed by atoms with van der Waals surface area (Å²) in [5, 5.41) is 0. The number of nitrogens with zero attached hydrogens (tertiary/aromatic N) is 1. The Morgan fingerprint density at radius 1 is 1.33 bits per heavy atom. The van der Waals surface area contributed by atoms with Crippen LogP contribution in [-0.4, -0.2) is 36.6 Å². The van der Waals surface area contributed by atoms with E-state index in [2.05, 4.69) is 11.8 Å². The minimum absolute atomic E-state index is 0.217. The fraction of sp³-hybridized carbons (Fsp3) is 0.588. The Balaban J connectivity index is 1.51. The second kappa shape index (κ2) is 5.02. The largest absolute Gasteiger partial charge is 0.489 e. The van der Waals surface area contributed by atoms with Gasteiger partial charge in [0.2, 0.25) is 0 Å². The fourth-order valence-corrected chi connectivity index (χ4v) is 3.85. The lowest BCUT2D eigenvalue weighted by Crippen LogP contribution is -2.55. The van der Waals surface area contributed by atoms with Gasteiger partial charge in [0, 0.05) is 24.6 Å². The van der Waals surface area contributed by atoms with Gasteiger partial charge in [0.15, 0.2) is 0 Å². The zero-order chi connectivity index (χ0) is 14.4. The summed E-state index contributed by atoms with van der Waals surface area (Å²) in [5.74, 6) is 2.17. The first-order valence-electron chi connectivity index (χ1n) is 7.93. The number of piperidine rings is 1. The van der Waals surface area contributed by atoms with Crippen molar-refractivity contribution in [2.75, 3.05) is 19.6 Å². The molecule has 2 fully saturated rings. The number of fused-ring (bicyclic) bond motifs is 2. The van der Waals surface area contributed by atoms with Gasteiger partial charge in [-0.15, -0.1) is 0 Å². The summed E-state index contributed by atoms with van der Waals surface area (Å²) in [5.41, 5.74) is 1.63. The number of benzene rings is 1. The standard InChI is InChI=1S/C17H21NO3/c1-2-18-8-11-3-5-14(11)16(9-18)21-13-4-6-15-12(7-13)10-20-17(15)19/h4,6-7,11,14,16H,2-3,5,8-10H2,1H3/t11-,14-,16-/m1/s1. The molecule has 1 saturated carbocycles. The van der Waals surface area contributed by atoms with Gasteiger partial charge < -0.3 is 9.47 Å². The zero-order valence-corrected chi connectivity index (χ0v) is 12.4. The van der Waals surface area contributed by atoms with Crippen LogP contribution in [0.3, 0.4) is 0 Å². The molecule has 1 saturated heterocycles. The highest BCUT2D eigenvalue weighted by molar-refractivity contribution is 5.93. The molecule has 3 atom stereocenters. The number of ether oxygens (including phenoxy) is 2. The number of likely N-dealkylation sites (N-methyl/N-ethyl adjacent to an activating group) is 1. The Morgan fingerprint density at radius 2 is 2.24 bits per heavy atom. The predicted molar refractivity (Wildman–Crippen MR) is 78.3 cm³/mol. The molecule has 2 aliphatic heterocycles. The van der Waals surface area contributed by atoms with Crippen molar-refractivity contribution >= 4 is 5.97 Å². The molecule has 1 aliphatic carbocycles. The maximum atomic E-state index is 11.5. The molecule has 112 valence electrons. The minimum Gasteiger partial charge on any atom is -0.489 e. The molecular weight excluding hydrogens is 266 g/mol. The molecule has 4 heteroatoms. The smallest absolute Gasteiger partial charge is 0.338 e. The second-order valence-electron chi connectivity index (χ2n) is 6.40. The van der Waals surface area contributed by atoms with E-state index in [1.54, 1.807) is 0 Å². The van der Waals surface area contributed by atoms with E-state index in [-0.39, 0.29) is 12.1 Å². The summed E-state index contributed by atoms with van der Waals surface area (Å²) in [6.45, 7) is 5.94. The minimum atomic E-state index is -0.217. The highest BCUT2D eigenvalue weighted by Gasteiger charge is 2.43. The number of cyclic esters (lactones) is 1. The van der Waals surface area contributed by atoms with Crippen molar-refractivity contribution in [1.29, 1.82) is 0 Å². The van der Waals surface area contributed by atoms with E-state index >= 15 is 0 Å². The van der Waals surface area contributed by atoms with Gasteiger partial charge in [0.25, 0.3) is 0 Å². The van der Waals surface area contributed by atoms with Crippen molar-refractivity contribution in [1.82, 2.24) is 4.90 Å². The van der Waals surface area contributed by atoms with Gasteiger partial charge in [-0.1, -0.05) is 6.92 Å². The third kappa shape index (κ3) is 2.22. The van der Waals surface area contributed by atoms with Crippen LogP contribution >= 0.6 is 0 Å². The average molecular weight is 287 g/mol. The van der Waals surface area contributed by atoms with E-state index in [1.165, 1.54) is 19.4 Å². The molecule has 0 bridgehead atoms. The summed E-state index contributed by atoms with van der Waals surface area (Å²) in [6, 6.07) is 5.71. The Hall–Kier alpha value is -1.55. The molecule has 0 aromatic heterocycles. The SMILES string of the molecule is CCN1C[C@H]2CC[C@H]2[C@H](Oc2ccc3c(c2)COC3=O)C1. The van der Waals surface area contributed by atoms with Gasteiger partial charge in [-0.2, -0.15) is 0 Å². The van der Waals surface area contributed by atoms with Crippen LogP contribution in [0.5, 0.6) is 5.75 Å². The van der Waals surface area contributed by atoms with Gasteiger partial charge in [0.1, 0.15) is 18.5 Å². The van der Waals surface area contributed by atoms with E-state index in [1.807, 2.05) is 18.2 Å². The number of carbonyl (C=O) groups excluding carboxylic acids is 1. The molecule has 2 heterocycles. The van der Waals surface area contributed by atoms with Crippen LogP contribution in [0.2, 0.25) is 0 Å². The molecular formula is C17H21NO3. The number of hydrogen-bond acceptors (Lipinski definition) is 4. The molecule has 4 nitrogen and oxygen atoms in total. The quantitative estimate of drug-likeness (QED) is 0.801. The average Bonchev–Trinajstić information content (AvgIpc) is 2.82. The van der Waals surface area contributed by atoms with Crippen LogP contribution in [-0.2, 0) is 11.3 Å². The van der Waals surface area contributed by atoms with Crippen molar-refractivity contribution in [3.63, 3.8) is 0 Å². The molecule has 0 spiro atoms. The Kier molecular flexibility index (Phi) is 3.14. The van der Waals surface area contributed by atoms with Crippen molar-refractivity contribution in [3.8, 4) is 5.75 Å². The second-order valence-corrected chi connectivity index (χ2v) is 6.40. The monoisotopic (exact) mass is 287 g/mol. The van der Waals surface area contributed by atoms with Crippen LogP contribution < -0.4 is 4.74 Å². The van der Waals surface area contributed by atoms with E-state index in [9.17, 15) is 4.79 Å². The lowest BCUT2D eigenvalue weighted by Gasteiger charge is -2.49. The van der Waals surface area contributed by atoms with E-state index < -0.39 is 0 Å². The number of esters is 1. The predicted octanol–water partition coefficient (Wildman–Crippen LogP) is 2.47. The summed E-state index contributed by atoms with van der Waals surface area (Å²) in [6.07, 6.45) is 2.92. The third-order valence-electron chi connectivity index (χ3n) is 5.27. The van der Waals surface area contributed by atoms with E-state index in [0.717, 1.165) is 30.3 Å².